The van der Waals surface area contributed by atoms with Gasteiger partial charge in [0.2, 0.25) is 0 Å². The quantitative estimate of drug-likeness (QED) is 0.922. The number of hydrogen-bond acceptors (Lipinski definition) is 4. The molecule has 21 heavy (non-hydrogen) atoms. The van der Waals surface area contributed by atoms with Gasteiger partial charge in [0.1, 0.15) is 0 Å². The predicted octanol–water partition coefficient (Wildman–Crippen LogP) is 2.17. The van der Waals surface area contributed by atoms with Crippen molar-refractivity contribution in [2.45, 2.75) is 31.6 Å². The number of para-hydroxylation sites is 1. The van der Waals surface area contributed by atoms with Crippen molar-refractivity contribution >= 4 is 21.5 Å². The molecule has 116 valence electrons. The summed E-state index contributed by atoms with van der Waals surface area (Å²) in [5, 5.41) is 9.39. The number of nitrogens with zero attached hydrogens (tertiary/aromatic N) is 1. The number of anilines is 1. The van der Waals surface area contributed by atoms with Crippen molar-refractivity contribution in [2.24, 2.45) is 5.41 Å². The van der Waals surface area contributed by atoms with Gasteiger partial charge in [0.05, 0.1) is 21.8 Å². The number of carboxylic acid groups (broad SMARTS) is 1. The normalized spacial score (nSPS) is 23.0. The Kier molecular flexibility index (Phi) is 4.27. The van der Waals surface area contributed by atoms with Gasteiger partial charge in [-0.25, -0.2) is 8.42 Å². The first-order valence-corrected chi connectivity index (χ1v) is 8.75. The molecule has 1 saturated heterocycles. The third kappa shape index (κ3) is 3.05. The highest BCUT2D eigenvalue weighted by molar-refractivity contribution is 7.91. The fraction of sp³-hybridized carbons (Fsp3) is 0.533. The van der Waals surface area contributed by atoms with Crippen LogP contribution in [0.25, 0.3) is 0 Å². The van der Waals surface area contributed by atoms with Crippen LogP contribution in [0.15, 0.2) is 29.2 Å². The number of carbonyl (C=O) groups is 1. The Hall–Kier alpha value is -1.56. The van der Waals surface area contributed by atoms with Crippen LogP contribution in [-0.2, 0) is 14.6 Å². The number of benzene rings is 1. The molecule has 2 rings (SSSR count). The van der Waals surface area contributed by atoms with Gasteiger partial charge in [-0.2, -0.15) is 0 Å². The first-order valence-electron chi connectivity index (χ1n) is 7.10. The summed E-state index contributed by atoms with van der Waals surface area (Å²) in [4.78, 5) is 13.6. The monoisotopic (exact) mass is 311 g/mol. The molecule has 1 aromatic rings. The predicted molar refractivity (Wildman–Crippen MR) is 81.4 cm³/mol. The molecule has 0 spiro atoms. The van der Waals surface area contributed by atoms with E-state index in [4.69, 9.17) is 0 Å². The van der Waals surface area contributed by atoms with Gasteiger partial charge < -0.3 is 10.0 Å². The third-order valence-corrected chi connectivity index (χ3v) is 5.91. The molecular formula is C15H21NO4S. The first kappa shape index (κ1) is 15.8. The number of aliphatic carboxylic acids is 1. The Bertz CT molecular complexity index is 641. The molecule has 1 aliphatic rings. The Balaban J connectivity index is 2.41. The molecule has 1 fully saturated rings. The summed E-state index contributed by atoms with van der Waals surface area (Å²) in [7, 11) is -3.32. The lowest BCUT2D eigenvalue weighted by atomic mass is 9.82. The Morgan fingerprint density at radius 1 is 1.38 bits per heavy atom. The molecule has 1 N–H and O–H groups in total. The van der Waals surface area contributed by atoms with E-state index in [1.165, 1.54) is 0 Å². The van der Waals surface area contributed by atoms with Crippen molar-refractivity contribution in [1.82, 2.24) is 0 Å². The molecule has 0 amide bonds. The number of rotatable bonds is 4. The molecular weight excluding hydrogens is 290 g/mol. The summed E-state index contributed by atoms with van der Waals surface area (Å²) in [6, 6.07) is 6.85. The van der Waals surface area contributed by atoms with Crippen molar-refractivity contribution in [3.63, 3.8) is 0 Å². The van der Waals surface area contributed by atoms with Crippen molar-refractivity contribution in [3.05, 3.63) is 24.3 Å². The van der Waals surface area contributed by atoms with Crippen molar-refractivity contribution < 1.29 is 18.3 Å². The summed E-state index contributed by atoms with van der Waals surface area (Å²) in [5.41, 5.74) is -0.215. The second-order valence-electron chi connectivity index (χ2n) is 5.76. The van der Waals surface area contributed by atoms with Crippen LogP contribution in [0.5, 0.6) is 0 Å². The van der Waals surface area contributed by atoms with Gasteiger partial charge in [-0.15, -0.1) is 0 Å². The van der Waals surface area contributed by atoms with Crippen LogP contribution in [0.4, 0.5) is 5.69 Å². The van der Waals surface area contributed by atoms with E-state index in [-0.39, 0.29) is 5.75 Å². The molecule has 1 aliphatic heterocycles. The third-order valence-electron chi connectivity index (χ3n) is 4.13. The Morgan fingerprint density at radius 3 is 2.67 bits per heavy atom. The average molecular weight is 311 g/mol. The fourth-order valence-corrected chi connectivity index (χ4v) is 3.87. The molecule has 0 aliphatic carbocycles. The standard InChI is InChI=1S/C15H21NO4S/c1-3-21(19,20)13-8-5-4-7-12(13)16-10-6-9-15(2,11-16)14(17)18/h4-5,7-8H,3,6,9-11H2,1-2H3,(H,17,18). The molecule has 0 aromatic heterocycles. The van der Waals surface area contributed by atoms with Crippen molar-refractivity contribution in [3.8, 4) is 0 Å². The molecule has 0 radical (unpaired) electrons. The highest BCUT2D eigenvalue weighted by Gasteiger charge is 2.38. The average Bonchev–Trinajstić information content (AvgIpc) is 2.47. The minimum atomic E-state index is -3.32. The topological polar surface area (TPSA) is 74.7 Å². The zero-order chi connectivity index (χ0) is 15.7. The summed E-state index contributed by atoms with van der Waals surface area (Å²) in [6.07, 6.45) is 1.35. The SMILES string of the molecule is CCS(=O)(=O)c1ccccc1N1CCCC(C)(C(=O)O)C1. The number of piperidine rings is 1. The number of sulfone groups is 1. The van der Waals surface area contributed by atoms with Gasteiger partial charge in [-0.05, 0) is 31.9 Å². The van der Waals surface area contributed by atoms with E-state index in [2.05, 4.69) is 0 Å². The summed E-state index contributed by atoms with van der Waals surface area (Å²) in [5.74, 6) is -0.795. The zero-order valence-corrected chi connectivity index (χ0v) is 13.2. The van der Waals surface area contributed by atoms with Gasteiger partial charge in [-0.3, -0.25) is 4.79 Å². The van der Waals surface area contributed by atoms with Gasteiger partial charge in [0.25, 0.3) is 0 Å². The van der Waals surface area contributed by atoms with Crippen LogP contribution in [0, 0.1) is 5.41 Å². The van der Waals surface area contributed by atoms with Crippen LogP contribution < -0.4 is 4.90 Å². The van der Waals surface area contributed by atoms with E-state index < -0.39 is 21.2 Å². The maximum Gasteiger partial charge on any atom is 0.311 e. The number of hydrogen-bond donors (Lipinski definition) is 1. The van der Waals surface area contributed by atoms with E-state index in [9.17, 15) is 18.3 Å². The van der Waals surface area contributed by atoms with Crippen LogP contribution in [0.3, 0.4) is 0 Å². The van der Waals surface area contributed by atoms with E-state index >= 15 is 0 Å². The van der Waals surface area contributed by atoms with E-state index in [0.717, 1.165) is 6.42 Å². The van der Waals surface area contributed by atoms with Crippen LogP contribution in [-0.4, -0.2) is 38.3 Å². The minimum Gasteiger partial charge on any atom is -0.481 e. The van der Waals surface area contributed by atoms with Gasteiger partial charge in [0, 0.05) is 13.1 Å². The molecule has 1 heterocycles. The van der Waals surface area contributed by atoms with E-state index in [0.29, 0.717) is 30.1 Å². The molecule has 1 atom stereocenters. The largest absolute Gasteiger partial charge is 0.481 e. The molecule has 1 unspecified atom stereocenters. The zero-order valence-electron chi connectivity index (χ0n) is 12.4. The van der Waals surface area contributed by atoms with Gasteiger partial charge in [0.15, 0.2) is 9.84 Å². The fourth-order valence-electron chi connectivity index (χ4n) is 2.76. The second-order valence-corrected chi connectivity index (χ2v) is 8.01. The highest BCUT2D eigenvalue weighted by atomic mass is 32.2. The first-order chi connectivity index (χ1) is 9.80. The smallest absolute Gasteiger partial charge is 0.311 e. The summed E-state index contributed by atoms with van der Waals surface area (Å²) < 4.78 is 24.4. The molecule has 0 saturated carbocycles. The number of carboxylic acids is 1. The Labute approximate surface area is 125 Å². The molecule has 0 bridgehead atoms. The van der Waals surface area contributed by atoms with Gasteiger partial charge in [-0.1, -0.05) is 19.1 Å². The lowest BCUT2D eigenvalue weighted by Crippen LogP contribution is -2.46. The molecule has 5 nitrogen and oxygen atoms in total. The van der Waals surface area contributed by atoms with Crippen LogP contribution >= 0.6 is 0 Å². The van der Waals surface area contributed by atoms with Gasteiger partial charge >= 0.3 is 5.97 Å². The molecule has 6 heteroatoms. The maximum atomic E-state index is 12.2. The lowest BCUT2D eigenvalue weighted by molar-refractivity contribution is -0.148. The van der Waals surface area contributed by atoms with Crippen molar-refractivity contribution in [1.29, 1.82) is 0 Å². The lowest BCUT2D eigenvalue weighted by Gasteiger charge is -2.39. The van der Waals surface area contributed by atoms with E-state index in [1.807, 2.05) is 4.90 Å². The summed E-state index contributed by atoms with van der Waals surface area (Å²) >= 11 is 0. The maximum absolute atomic E-state index is 12.2. The highest BCUT2D eigenvalue weighted by Crippen LogP contribution is 2.35. The second kappa shape index (κ2) is 5.67. The van der Waals surface area contributed by atoms with Crippen molar-refractivity contribution in [2.75, 3.05) is 23.7 Å². The Morgan fingerprint density at radius 2 is 2.05 bits per heavy atom. The molecule has 1 aromatic carbocycles. The van der Waals surface area contributed by atoms with Crippen LogP contribution in [0.1, 0.15) is 26.7 Å². The van der Waals surface area contributed by atoms with E-state index in [1.54, 1.807) is 38.1 Å². The minimum absolute atomic E-state index is 0.0358. The summed E-state index contributed by atoms with van der Waals surface area (Å²) in [6.45, 7) is 4.35. The van der Waals surface area contributed by atoms with Crippen LogP contribution in [0.2, 0.25) is 0 Å².